The van der Waals surface area contributed by atoms with E-state index in [1.54, 1.807) is 24.6 Å². The smallest absolute Gasteiger partial charge is 0.178 e. The molecule has 13 heteroatoms. The summed E-state index contributed by atoms with van der Waals surface area (Å²) in [4.78, 5) is 16.1. The third-order valence-corrected chi connectivity index (χ3v) is 10.4. The number of aromatic nitrogens is 1. The van der Waals surface area contributed by atoms with Gasteiger partial charge in [0, 0.05) is 30.7 Å². The van der Waals surface area contributed by atoms with Gasteiger partial charge in [-0.05, 0) is 19.3 Å². The lowest BCUT2D eigenvalue weighted by Crippen LogP contribution is -2.46. The largest absolute Gasteiger partial charge is 0.390 e. The third-order valence-electron chi connectivity index (χ3n) is 6.51. The van der Waals surface area contributed by atoms with E-state index in [0.29, 0.717) is 23.5 Å². The second-order valence-corrected chi connectivity index (χ2v) is 13.5. The van der Waals surface area contributed by atoms with Crippen LogP contribution in [0, 0.1) is 5.92 Å². The van der Waals surface area contributed by atoms with Crippen LogP contribution in [0.25, 0.3) is 0 Å². The highest BCUT2D eigenvalue weighted by Gasteiger charge is 2.42. The molecule has 1 aliphatic heterocycles. The van der Waals surface area contributed by atoms with Crippen LogP contribution in [0.4, 0.5) is 0 Å². The molecule has 1 saturated heterocycles. The zero-order valence-electron chi connectivity index (χ0n) is 21.6. The molecular formula is C25H35Cl6NO5S. The SMILES string of the molecule is CC[C@H](Cl)C[C@@H](Cl)/C=C\[C@@H](Cl)[C@H](O)[C@@H](Cl)[C@@H](Cl)[C@H](Cl)C[C@@H]1OCO[C@@H]([C@@H](OC)c2nc(C(C)=O)cs2)[C@@H]1C. The van der Waals surface area contributed by atoms with Crippen LogP contribution in [0.3, 0.4) is 0 Å². The predicted octanol–water partition coefficient (Wildman–Crippen LogP) is 7.16. The van der Waals surface area contributed by atoms with Gasteiger partial charge >= 0.3 is 0 Å². The molecule has 11 atom stereocenters. The molecule has 0 aromatic carbocycles. The molecule has 38 heavy (non-hydrogen) atoms. The standard InChI is InChI=1S/C25H35Cl6NO5S/c1-5-14(26)8-15(27)6-7-16(28)22(34)21(31)20(30)17(29)9-19-12(2)23(37-11-36-19)24(35-4)25-32-18(10-38-25)13(3)33/h6-7,10,12,14-17,19-24,34H,5,8-9,11H2,1-4H3/b7-6-/t12-,14+,15+,16-,17-,19+,20+,21+,22+,23-,24-/m1/s1. The number of nitrogens with zero attached hydrogens (tertiary/aromatic N) is 1. The number of carbonyl (C=O) groups is 1. The summed E-state index contributed by atoms with van der Waals surface area (Å²) in [6.07, 6.45) is 2.66. The highest BCUT2D eigenvalue weighted by molar-refractivity contribution is 7.09. The molecule has 1 fully saturated rings. The van der Waals surface area contributed by atoms with Crippen molar-refractivity contribution >= 4 is 86.7 Å². The first-order chi connectivity index (χ1) is 17.9. The Morgan fingerprint density at radius 2 is 1.89 bits per heavy atom. The molecule has 0 bridgehead atoms. The Morgan fingerprint density at radius 3 is 2.47 bits per heavy atom. The van der Waals surface area contributed by atoms with Gasteiger partial charge in [-0.3, -0.25) is 4.79 Å². The zero-order valence-corrected chi connectivity index (χ0v) is 27.0. The molecule has 1 aromatic heterocycles. The first-order valence-electron chi connectivity index (χ1n) is 12.3. The summed E-state index contributed by atoms with van der Waals surface area (Å²) in [6, 6.07) is 0. The van der Waals surface area contributed by atoms with E-state index < -0.39 is 33.7 Å². The maximum atomic E-state index is 11.7. The van der Waals surface area contributed by atoms with E-state index in [1.807, 2.05) is 13.8 Å². The van der Waals surface area contributed by atoms with Gasteiger partial charge in [0.05, 0.1) is 45.2 Å². The number of rotatable bonds is 15. The molecule has 2 rings (SSSR count). The van der Waals surface area contributed by atoms with Gasteiger partial charge < -0.3 is 19.3 Å². The number of thiazole rings is 1. The molecule has 0 unspecified atom stereocenters. The van der Waals surface area contributed by atoms with Crippen LogP contribution in [-0.2, 0) is 14.2 Å². The van der Waals surface area contributed by atoms with Crippen LogP contribution in [0.5, 0.6) is 0 Å². The molecule has 0 aliphatic carbocycles. The number of hydrogen-bond donors (Lipinski definition) is 1. The number of aliphatic hydroxyl groups is 1. The lowest BCUT2D eigenvalue weighted by atomic mass is 9.89. The van der Waals surface area contributed by atoms with Gasteiger partial charge in [0.25, 0.3) is 0 Å². The van der Waals surface area contributed by atoms with Crippen molar-refractivity contribution in [3.8, 4) is 0 Å². The summed E-state index contributed by atoms with van der Waals surface area (Å²) in [6.45, 7) is 5.44. The quantitative estimate of drug-likeness (QED) is 0.121. The fourth-order valence-electron chi connectivity index (χ4n) is 4.07. The molecule has 0 amide bonds. The van der Waals surface area contributed by atoms with Gasteiger partial charge in [-0.2, -0.15) is 0 Å². The van der Waals surface area contributed by atoms with Gasteiger partial charge in [0.15, 0.2) is 5.78 Å². The number of hydrogen-bond acceptors (Lipinski definition) is 7. The van der Waals surface area contributed by atoms with Crippen LogP contribution in [-0.4, -0.2) is 80.4 Å². The molecule has 0 spiro atoms. The van der Waals surface area contributed by atoms with Crippen molar-refractivity contribution in [3.05, 3.63) is 28.2 Å². The highest BCUT2D eigenvalue weighted by Crippen LogP contribution is 2.37. The normalized spacial score (nSPS) is 26.9. The monoisotopic (exact) mass is 671 g/mol. The van der Waals surface area contributed by atoms with E-state index in [4.69, 9.17) is 83.8 Å². The molecule has 0 radical (unpaired) electrons. The molecule has 1 aromatic rings. The van der Waals surface area contributed by atoms with Crippen molar-refractivity contribution in [1.82, 2.24) is 4.98 Å². The van der Waals surface area contributed by atoms with E-state index in [2.05, 4.69) is 4.98 Å². The van der Waals surface area contributed by atoms with Crippen LogP contribution in [0.2, 0.25) is 0 Å². The van der Waals surface area contributed by atoms with Crippen LogP contribution in [0.15, 0.2) is 17.5 Å². The molecule has 1 N–H and O–H groups in total. The van der Waals surface area contributed by atoms with Crippen molar-refractivity contribution in [1.29, 1.82) is 0 Å². The first kappa shape index (κ1) is 34.8. The number of halogens is 6. The lowest BCUT2D eigenvalue weighted by molar-refractivity contribution is -0.233. The fourth-order valence-corrected chi connectivity index (χ4v) is 6.92. The number of ether oxygens (including phenoxy) is 3. The predicted molar refractivity (Wildman–Crippen MR) is 158 cm³/mol. The Hall–Kier alpha value is 0.620. The topological polar surface area (TPSA) is 77.9 Å². The Balaban J connectivity index is 1.99. The first-order valence-corrected chi connectivity index (χ1v) is 15.8. The van der Waals surface area contributed by atoms with Gasteiger partial charge in [0.1, 0.15) is 23.6 Å². The van der Waals surface area contributed by atoms with Crippen molar-refractivity contribution in [2.75, 3.05) is 13.9 Å². The third kappa shape index (κ3) is 9.87. The van der Waals surface area contributed by atoms with E-state index >= 15 is 0 Å². The van der Waals surface area contributed by atoms with Crippen molar-refractivity contribution in [3.63, 3.8) is 0 Å². The molecular weight excluding hydrogens is 639 g/mol. The summed E-state index contributed by atoms with van der Waals surface area (Å²) in [5.41, 5.74) is 0.388. The maximum Gasteiger partial charge on any atom is 0.178 e. The van der Waals surface area contributed by atoms with Gasteiger partial charge in [-0.25, -0.2) is 4.98 Å². The molecule has 0 saturated carbocycles. The summed E-state index contributed by atoms with van der Waals surface area (Å²) < 4.78 is 17.4. The molecule has 6 nitrogen and oxygen atoms in total. The van der Waals surface area contributed by atoms with E-state index in [9.17, 15) is 9.90 Å². The van der Waals surface area contributed by atoms with Crippen LogP contribution < -0.4 is 0 Å². The van der Waals surface area contributed by atoms with Crippen molar-refractivity contribution in [2.45, 2.75) is 96.7 Å². The zero-order chi connectivity index (χ0) is 28.6. The highest BCUT2D eigenvalue weighted by atomic mass is 35.5. The summed E-state index contributed by atoms with van der Waals surface area (Å²) in [5.74, 6) is -0.268. The van der Waals surface area contributed by atoms with E-state index in [0.717, 1.165) is 6.42 Å². The van der Waals surface area contributed by atoms with E-state index in [1.165, 1.54) is 18.3 Å². The van der Waals surface area contributed by atoms with E-state index in [-0.39, 0.29) is 41.5 Å². The van der Waals surface area contributed by atoms with Gasteiger partial charge in [0.2, 0.25) is 0 Å². The Labute approximate surface area is 259 Å². The fraction of sp³-hybridized carbons (Fsp3) is 0.760. The second kappa shape index (κ2) is 16.9. The van der Waals surface area contributed by atoms with Crippen molar-refractivity contribution in [2.24, 2.45) is 5.92 Å². The number of aliphatic hydroxyl groups excluding tert-OH is 1. The minimum Gasteiger partial charge on any atom is -0.390 e. The number of methoxy groups -OCH3 is 1. The Morgan fingerprint density at radius 1 is 1.21 bits per heavy atom. The summed E-state index contributed by atoms with van der Waals surface area (Å²) in [7, 11) is 1.57. The number of allylic oxidation sites excluding steroid dienone is 1. The Bertz CT molecular complexity index is 894. The molecule has 1 aliphatic rings. The number of Topliss-reactive ketones (excluding diaryl/α,β-unsaturated/α-hetero) is 1. The van der Waals surface area contributed by atoms with Crippen LogP contribution >= 0.6 is 80.9 Å². The average Bonchev–Trinajstić information content (AvgIpc) is 3.38. The summed E-state index contributed by atoms with van der Waals surface area (Å²) >= 11 is 39.9. The minimum atomic E-state index is -1.17. The Kier molecular flexibility index (Phi) is 15.5. The number of ketones is 1. The molecule has 218 valence electrons. The number of carbonyl (C=O) groups excluding carboxylic acids is 1. The summed E-state index contributed by atoms with van der Waals surface area (Å²) in [5, 5.41) is 9.48. The van der Waals surface area contributed by atoms with Crippen LogP contribution in [0.1, 0.15) is 61.6 Å². The maximum absolute atomic E-state index is 11.7. The van der Waals surface area contributed by atoms with Crippen molar-refractivity contribution < 1.29 is 24.1 Å². The second-order valence-electron chi connectivity index (χ2n) is 9.31. The van der Waals surface area contributed by atoms with Gasteiger partial charge in [-0.15, -0.1) is 80.9 Å². The number of alkyl halides is 6. The van der Waals surface area contributed by atoms with Gasteiger partial charge in [-0.1, -0.05) is 26.0 Å². The molecule has 2 heterocycles. The lowest BCUT2D eigenvalue weighted by Gasteiger charge is -2.40. The minimum absolute atomic E-state index is 0.0310. The average molecular weight is 674 g/mol.